The fraction of sp³-hybridized carbons (Fsp3) is 0.227. The number of hydrogen-bond acceptors (Lipinski definition) is 2. The fourth-order valence-corrected chi connectivity index (χ4v) is 3.26. The van der Waals surface area contributed by atoms with Gasteiger partial charge in [-0.2, -0.15) is 0 Å². The van der Waals surface area contributed by atoms with Gasteiger partial charge in [-0.3, -0.25) is 0 Å². The Morgan fingerprint density at radius 3 is 2.29 bits per heavy atom. The Kier molecular flexibility index (Phi) is 3.42. The van der Waals surface area contributed by atoms with Gasteiger partial charge in [0.15, 0.2) is 6.10 Å². The summed E-state index contributed by atoms with van der Waals surface area (Å²) in [7, 11) is 0. The summed E-state index contributed by atoms with van der Waals surface area (Å²) in [4.78, 5) is 4.80. The molecule has 1 aliphatic heterocycles. The van der Waals surface area contributed by atoms with Gasteiger partial charge in [0.05, 0.1) is 5.54 Å². The van der Waals surface area contributed by atoms with Gasteiger partial charge in [0, 0.05) is 16.7 Å². The first-order valence-corrected chi connectivity index (χ1v) is 8.36. The van der Waals surface area contributed by atoms with Crippen molar-refractivity contribution in [2.75, 3.05) is 0 Å². The van der Waals surface area contributed by atoms with Crippen molar-refractivity contribution in [3.63, 3.8) is 0 Å². The van der Waals surface area contributed by atoms with Crippen LogP contribution in [0, 0.1) is 0 Å². The molecule has 1 aliphatic rings. The van der Waals surface area contributed by atoms with Crippen LogP contribution in [0.1, 0.15) is 43.6 Å². The van der Waals surface area contributed by atoms with Gasteiger partial charge in [0.2, 0.25) is 5.90 Å². The lowest BCUT2D eigenvalue weighted by molar-refractivity contribution is 0.250. The average molecular weight is 315 g/mol. The van der Waals surface area contributed by atoms with E-state index < -0.39 is 0 Å². The lowest BCUT2D eigenvalue weighted by Crippen LogP contribution is -2.15. The molecular formula is C22H21NO. The van der Waals surface area contributed by atoms with Crippen LogP contribution < -0.4 is 0 Å². The van der Waals surface area contributed by atoms with E-state index in [1.807, 2.05) is 6.07 Å². The molecule has 0 unspecified atom stereocenters. The van der Waals surface area contributed by atoms with E-state index in [1.165, 1.54) is 21.9 Å². The molecule has 0 bridgehead atoms. The van der Waals surface area contributed by atoms with Crippen LogP contribution in [0.4, 0.5) is 0 Å². The highest BCUT2D eigenvalue weighted by molar-refractivity contribution is 6.00. The molecule has 2 heteroatoms. The number of aliphatic imine (C=N–C) groups is 1. The predicted octanol–water partition coefficient (Wildman–Crippen LogP) is 5.50. The van der Waals surface area contributed by atoms with Gasteiger partial charge in [0.25, 0.3) is 0 Å². The number of fused-ring (bicyclic) bond motifs is 2. The van der Waals surface area contributed by atoms with E-state index in [0.717, 1.165) is 11.5 Å². The van der Waals surface area contributed by atoms with Crippen molar-refractivity contribution in [1.82, 2.24) is 0 Å². The molecule has 0 aliphatic carbocycles. The Labute approximate surface area is 142 Å². The van der Waals surface area contributed by atoms with Crippen LogP contribution in [0.25, 0.3) is 10.8 Å². The van der Waals surface area contributed by atoms with Crippen molar-refractivity contribution >= 4 is 16.7 Å². The molecule has 4 rings (SSSR count). The highest BCUT2D eigenvalue weighted by atomic mass is 16.5. The van der Waals surface area contributed by atoms with Gasteiger partial charge in [-0.1, -0.05) is 60.7 Å². The van der Waals surface area contributed by atoms with Crippen LogP contribution in [0.2, 0.25) is 0 Å². The van der Waals surface area contributed by atoms with E-state index >= 15 is 0 Å². The van der Waals surface area contributed by atoms with Crippen molar-refractivity contribution in [1.29, 1.82) is 0 Å². The lowest BCUT2D eigenvalue weighted by atomic mass is 9.95. The molecule has 0 saturated carbocycles. The van der Waals surface area contributed by atoms with Crippen molar-refractivity contribution < 1.29 is 4.74 Å². The summed E-state index contributed by atoms with van der Waals surface area (Å²) in [6.45, 7) is 6.28. The summed E-state index contributed by atoms with van der Waals surface area (Å²) in [5.41, 5.74) is 3.32. The SMILES string of the molecule is CC(C)(C)N=C1O[C@@H](c2cccc3ccccc23)c2ccccc21. The van der Waals surface area contributed by atoms with E-state index in [0.29, 0.717) is 0 Å². The third-order valence-electron chi connectivity index (χ3n) is 4.25. The first-order valence-electron chi connectivity index (χ1n) is 8.36. The van der Waals surface area contributed by atoms with Crippen molar-refractivity contribution in [3.8, 4) is 0 Å². The molecule has 1 heterocycles. The maximum Gasteiger partial charge on any atom is 0.217 e. The smallest absolute Gasteiger partial charge is 0.217 e. The quantitative estimate of drug-likeness (QED) is 0.580. The number of hydrogen-bond donors (Lipinski definition) is 0. The normalized spacial score (nSPS) is 18.6. The van der Waals surface area contributed by atoms with Gasteiger partial charge >= 0.3 is 0 Å². The van der Waals surface area contributed by atoms with Crippen LogP contribution in [0.3, 0.4) is 0 Å². The second-order valence-corrected chi connectivity index (χ2v) is 7.24. The molecule has 3 aromatic rings. The highest BCUT2D eigenvalue weighted by Crippen LogP contribution is 2.39. The van der Waals surface area contributed by atoms with Crippen LogP contribution in [0.5, 0.6) is 0 Å². The maximum atomic E-state index is 6.35. The number of rotatable bonds is 1. The molecule has 0 fully saturated rings. The minimum Gasteiger partial charge on any atom is -0.464 e. The third-order valence-corrected chi connectivity index (χ3v) is 4.25. The summed E-state index contributed by atoms with van der Waals surface area (Å²) in [6, 6.07) is 23.2. The Morgan fingerprint density at radius 1 is 0.792 bits per heavy atom. The standard InChI is InChI=1S/C22H21NO/c1-22(2,3)23-21-19-13-7-6-12-18(19)20(24-21)17-14-8-10-15-9-4-5-11-16(15)17/h4-14,20H,1-3H3/t20-/m0/s1. The summed E-state index contributed by atoms with van der Waals surface area (Å²) in [5.74, 6) is 0.746. The second kappa shape index (κ2) is 5.48. The monoisotopic (exact) mass is 315 g/mol. The first-order chi connectivity index (χ1) is 11.5. The van der Waals surface area contributed by atoms with Crippen LogP contribution in [0.15, 0.2) is 71.7 Å². The van der Waals surface area contributed by atoms with Crippen molar-refractivity contribution in [2.45, 2.75) is 32.4 Å². The zero-order chi connectivity index (χ0) is 16.7. The van der Waals surface area contributed by atoms with Crippen LogP contribution >= 0.6 is 0 Å². The molecule has 1 atom stereocenters. The van der Waals surface area contributed by atoms with Crippen LogP contribution in [-0.4, -0.2) is 11.4 Å². The molecule has 0 radical (unpaired) electrons. The summed E-state index contributed by atoms with van der Waals surface area (Å²) < 4.78 is 6.35. The van der Waals surface area contributed by atoms with Gasteiger partial charge in [-0.25, -0.2) is 4.99 Å². The zero-order valence-electron chi connectivity index (χ0n) is 14.3. The molecular weight excluding hydrogens is 294 g/mol. The van der Waals surface area contributed by atoms with E-state index in [2.05, 4.69) is 81.4 Å². The molecule has 0 aromatic heterocycles. The third kappa shape index (κ3) is 2.58. The van der Waals surface area contributed by atoms with E-state index in [9.17, 15) is 0 Å². The van der Waals surface area contributed by atoms with E-state index in [4.69, 9.17) is 9.73 Å². The Hall–Kier alpha value is -2.61. The largest absolute Gasteiger partial charge is 0.464 e. The molecule has 120 valence electrons. The molecule has 2 nitrogen and oxygen atoms in total. The van der Waals surface area contributed by atoms with Gasteiger partial charge in [-0.15, -0.1) is 0 Å². The van der Waals surface area contributed by atoms with Gasteiger partial charge in [0.1, 0.15) is 0 Å². The van der Waals surface area contributed by atoms with Gasteiger partial charge in [-0.05, 0) is 37.6 Å². The second-order valence-electron chi connectivity index (χ2n) is 7.24. The molecule has 0 N–H and O–H groups in total. The van der Waals surface area contributed by atoms with Crippen molar-refractivity contribution in [3.05, 3.63) is 83.4 Å². The zero-order valence-corrected chi connectivity index (χ0v) is 14.3. The van der Waals surface area contributed by atoms with Gasteiger partial charge < -0.3 is 4.74 Å². The molecule has 0 amide bonds. The Bertz CT molecular complexity index is 929. The Morgan fingerprint density at radius 2 is 1.46 bits per heavy atom. The highest BCUT2D eigenvalue weighted by Gasteiger charge is 2.32. The van der Waals surface area contributed by atoms with E-state index in [1.54, 1.807) is 0 Å². The number of ether oxygens (including phenoxy) is 1. The predicted molar refractivity (Wildman–Crippen MR) is 99.6 cm³/mol. The van der Waals surface area contributed by atoms with Crippen molar-refractivity contribution in [2.24, 2.45) is 4.99 Å². The molecule has 0 saturated heterocycles. The summed E-state index contributed by atoms with van der Waals surface area (Å²) >= 11 is 0. The summed E-state index contributed by atoms with van der Waals surface area (Å²) in [5, 5.41) is 2.47. The van der Waals surface area contributed by atoms with Crippen LogP contribution in [-0.2, 0) is 4.74 Å². The average Bonchev–Trinajstić information content (AvgIpc) is 2.91. The molecule has 24 heavy (non-hydrogen) atoms. The molecule has 3 aromatic carbocycles. The number of benzene rings is 3. The maximum absolute atomic E-state index is 6.35. The number of nitrogens with zero attached hydrogens (tertiary/aromatic N) is 1. The Balaban J connectivity index is 1.90. The van der Waals surface area contributed by atoms with E-state index in [-0.39, 0.29) is 11.6 Å². The fourth-order valence-electron chi connectivity index (χ4n) is 3.26. The lowest BCUT2D eigenvalue weighted by Gasteiger charge is -2.16. The minimum absolute atomic E-state index is 0.103. The summed E-state index contributed by atoms with van der Waals surface area (Å²) in [6.07, 6.45) is -0.103. The molecule has 0 spiro atoms. The minimum atomic E-state index is -0.171. The first kappa shape index (κ1) is 14.9. The topological polar surface area (TPSA) is 21.6 Å².